The molecule has 1 aliphatic heterocycles. The van der Waals surface area contributed by atoms with E-state index in [0.29, 0.717) is 24.2 Å². The van der Waals surface area contributed by atoms with Crippen molar-refractivity contribution in [3.05, 3.63) is 69.8 Å². The van der Waals surface area contributed by atoms with Crippen molar-refractivity contribution in [1.29, 1.82) is 0 Å². The van der Waals surface area contributed by atoms with Crippen molar-refractivity contribution >= 4 is 18.3 Å². The zero-order valence-electron chi connectivity index (χ0n) is 14.2. The fourth-order valence-corrected chi connectivity index (χ4v) is 2.83. The number of rotatable bonds is 3. The SMILES string of the molecule is Cl.O=C(NCc1ccc2c(c1)CNC2)c1cc(C(F)(F)F)cc(C(F)(F)F)c1. The van der Waals surface area contributed by atoms with E-state index in [-0.39, 0.29) is 25.0 Å². The Morgan fingerprint density at radius 2 is 1.46 bits per heavy atom. The quantitative estimate of drug-likeness (QED) is 0.702. The Kier molecular flexibility index (Phi) is 6.30. The molecule has 1 heterocycles. The lowest BCUT2D eigenvalue weighted by molar-refractivity contribution is -0.143. The van der Waals surface area contributed by atoms with Crippen LogP contribution in [0.25, 0.3) is 0 Å². The van der Waals surface area contributed by atoms with E-state index in [9.17, 15) is 31.1 Å². The number of carbonyl (C=O) groups is 1. The maximum atomic E-state index is 12.9. The molecule has 1 amide bonds. The third-order valence-electron chi connectivity index (χ3n) is 4.20. The van der Waals surface area contributed by atoms with Crippen LogP contribution in [0.15, 0.2) is 36.4 Å². The Morgan fingerprint density at radius 3 is 2.04 bits per heavy atom. The lowest BCUT2D eigenvalue weighted by Crippen LogP contribution is -2.24. The molecular weight excluding hydrogens is 410 g/mol. The summed E-state index contributed by atoms with van der Waals surface area (Å²) in [6, 6.07) is 6.27. The molecule has 0 saturated heterocycles. The average molecular weight is 425 g/mol. The van der Waals surface area contributed by atoms with Gasteiger partial charge in [0.2, 0.25) is 0 Å². The largest absolute Gasteiger partial charge is 0.416 e. The van der Waals surface area contributed by atoms with E-state index in [2.05, 4.69) is 10.6 Å². The summed E-state index contributed by atoms with van der Waals surface area (Å²) in [6.07, 6.45) is -9.99. The van der Waals surface area contributed by atoms with Crippen LogP contribution in [0.4, 0.5) is 26.3 Å². The smallest absolute Gasteiger partial charge is 0.348 e. The second kappa shape index (κ2) is 8.00. The first kappa shape index (κ1) is 22.0. The first-order valence-corrected chi connectivity index (χ1v) is 7.93. The van der Waals surface area contributed by atoms with Gasteiger partial charge in [0.15, 0.2) is 0 Å². The van der Waals surface area contributed by atoms with Gasteiger partial charge in [0.1, 0.15) is 0 Å². The zero-order valence-corrected chi connectivity index (χ0v) is 15.0. The van der Waals surface area contributed by atoms with E-state index < -0.39 is 35.0 Å². The standard InChI is InChI=1S/C18H14F6N2O.ClH/c19-17(20,21)14-4-12(5-15(6-14)18(22,23)24)16(27)26-7-10-1-2-11-8-25-9-13(11)3-10;/h1-6,25H,7-9H2,(H,26,27);1H. The molecule has 152 valence electrons. The number of carbonyl (C=O) groups excluding carboxylic acids is 1. The number of hydrogen-bond donors (Lipinski definition) is 2. The van der Waals surface area contributed by atoms with Crippen molar-refractivity contribution < 1.29 is 31.1 Å². The Morgan fingerprint density at radius 1 is 0.893 bits per heavy atom. The minimum atomic E-state index is -5.00. The predicted molar refractivity (Wildman–Crippen MR) is 91.8 cm³/mol. The Balaban J connectivity index is 0.00000280. The molecule has 0 fully saturated rings. The van der Waals surface area contributed by atoms with E-state index in [0.717, 1.165) is 17.7 Å². The molecule has 0 radical (unpaired) electrons. The number of alkyl halides is 6. The van der Waals surface area contributed by atoms with Crippen LogP contribution in [0.5, 0.6) is 0 Å². The van der Waals surface area contributed by atoms with Gasteiger partial charge in [0, 0.05) is 25.2 Å². The van der Waals surface area contributed by atoms with Gasteiger partial charge in [-0.05, 0) is 34.9 Å². The van der Waals surface area contributed by atoms with E-state index in [1.54, 1.807) is 6.07 Å². The monoisotopic (exact) mass is 424 g/mol. The normalized spacial score (nSPS) is 13.6. The van der Waals surface area contributed by atoms with Crippen molar-refractivity contribution in [3.63, 3.8) is 0 Å². The molecule has 2 N–H and O–H groups in total. The Hall–Kier alpha value is -2.26. The summed E-state index contributed by atoms with van der Waals surface area (Å²) < 4.78 is 77.2. The fourth-order valence-electron chi connectivity index (χ4n) is 2.83. The van der Waals surface area contributed by atoms with E-state index in [4.69, 9.17) is 0 Å². The molecule has 0 aromatic heterocycles. The number of fused-ring (bicyclic) bond motifs is 1. The molecule has 3 rings (SSSR count). The summed E-state index contributed by atoms with van der Waals surface area (Å²) in [6.45, 7) is 1.38. The van der Waals surface area contributed by atoms with Gasteiger partial charge in [0.05, 0.1) is 11.1 Å². The van der Waals surface area contributed by atoms with Gasteiger partial charge in [-0.3, -0.25) is 4.79 Å². The predicted octanol–water partition coefficient (Wildman–Crippen LogP) is 4.68. The molecule has 1 aliphatic rings. The van der Waals surface area contributed by atoms with Crippen LogP contribution in [-0.2, 0) is 32.0 Å². The number of halogens is 7. The summed E-state index contributed by atoms with van der Waals surface area (Å²) in [7, 11) is 0. The summed E-state index contributed by atoms with van der Waals surface area (Å²) in [5, 5.41) is 5.52. The topological polar surface area (TPSA) is 41.1 Å². The molecular formula is C18H15ClF6N2O. The number of nitrogens with one attached hydrogen (secondary N) is 2. The summed E-state index contributed by atoms with van der Waals surface area (Å²) in [4.78, 5) is 12.2. The van der Waals surface area contributed by atoms with Gasteiger partial charge >= 0.3 is 12.4 Å². The molecule has 3 nitrogen and oxygen atoms in total. The van der Waals surface area contributed by atoms with Gasteiger partial charge in [-0.1, -0.05) is 18.2 Å². The highest BCUT2D eigenvalue weighted by Gasteiger charge is 2.37. The second-order valence-electron chi connectivity index (χ2n) is 6.18. The average Bonchev–Trinajstić information content (AvgIpc) is 3.05. The van der Waals surface area contributed by atoms with Crippen LogP contribution in [0, 0.1) is 0 Å². The number of hydrogen-bond acceptors (Lipinski definition) is 2. The van der Waals surface area contributed by atoms with E-state index >= 15 is 0 Å². The van der Waals surface area contributed by atoms with Crippen LogP contribution in [0.2, 0.25) is 0 Å². The Bertz CT molecular complexity index is 847. The second-order valence-corrected chi connectivity index (χ2v) is 6.18. The molecule has 10 heteroatoms. The van der Waals surface area contributed by atoms with Gasteiger partial charge in [-0.25, -0.2) is 0 Å². The molecule has 28 heavy (non-hydrogen) atoms. The van der Waals surface area contributed by atoms with Crippen molar-refractivity contribution in [3.8, 4) is 0 Å². The van der Waals surface area contributed by atoms with Gasteiger partial charge in [0.25, 0.3) is 5.91 Å². The molecule has 0 saturated carbocycles. The van der Waals surface area contributed by atoms with Crippen molar-refractivity contribution in [1.82, 2.24) is 10.6 Å². The third kappa shape index (κ3) is 4.96. The molecule has 2 aromatic carbocycles. The molecule has 0 bridgehead atoms. The highest BCUT2D eigenvalue weighted by molar-refractivity contribution is 5.94. The minimum absolute atomic E-state index is 0. The minimum Gasteiger partial charge on any atom is -0.348 e. The van der Waals surface area contributed by atoms with Crippen molar-refractivity contribution in [2.24, 2.45) is 0 Å². The lowest BCUT2D eigenvalue weighted by atomic mass is 10.0. The molecule has 0 spiro atoms. The number of amides is 1. The first-order chi connectivity index (χ1) is 12.5. The van der Waals surface area contributed by atoms with Crippen LogP contribution >= 0.6 is 12.4 Å². The van der Waals surface area contributed by atoms with Crippen LogP contribution in [0.3, 0.4) is 0 Å². The van der Waals surface area contributed by atoms with Crippen LogP contribution < -0.4 is 10.6 Å². The van der Waals surface area contributed by atoms with Crippen molar-refractivity contribution in [2.75, 3.05) is 0 Å². The van der Waals surface area contributed by atoms with Crippen molar-refractivity contribution in [2.45, 2.75) is 32.0 Å². The molecule has 0 aliphatic carbocycles. The van der Waals surface area contributed by atoms with Gasteiger partial charge in [-0.15, -0.1) is 12.4 Å². The highest BCUT2D eigenvalue weighted by Crippen LogP contribution is 2.36. The summed E-state index contributed by atoms with van der Waals surface area (Å²) >= 11 is 0. The maximum Gasteiger partial charge on any atom is 0.416 e. The number of benzene rings is 2. The van der Waals surface area contributed by atoms with Crippen LogP contribution in [0.1, 0.15) is 38.2 Å². The molecule has 0 unspecified atom stereocenters. The van der Waals surface area contributed by atoms with E-state index in [1.807, 2.05) is 12.1 Å². The van der Waals surface area contributed by atoms with E-state index in [1.165, 1.54) is 0 Å². The van der Waals surface area contributed by atoms with Crippen LogP contribution in [-0.4, -0.2) is 5.91 Å². The van der Waals surface area contributed by atoms with Gasteiger partial charge in [-0.2, -0.15) is 26.3 Å². The summed E-state index contributed by atoms with van der Waals surface area (Å²) in [5.41, 5.74) is -0.885. The third-order valence-corrected chi connectivity index (χ3v) is 4.20. The highest BCUT2D eigenvalue weighted by atomic mass is 35.5. The first-order valence-electron chi connectivity index (χ1n) is 7.93. The Labute approximate surface area is 162 Å². The zero-order chi connectivity index (χ0) is 19.8. The molecule has 0 atom stereocenters. The fraction of sp³-hybridized carbons (Fsp3) is 0.278. The maximum absolute atomic E-state index is 12.9. The van der Waals surface area contributed by atoms with Gasteiger partial charge < -0.3 is 10.6 Å². The summed E-state index contributed by atoms with van der Waals surface area (Å²) in [5.74, 6) is -1.01. The molecule has 2 aromatic rings. The lowest BCUT2D eigenvalue weighted by Gasteiger charge is -2.14.